The highest BCUT2D eigenvalue weighted by Crippen LogP contribution is 2.44. The first-order valence-corrected chi connectivity index (χ1v) is 21.8. The van der Waals surface area contributed by atoms with E-state index in [-0.39, 0.29) is 0 Å². The largest absolute Gasteiger partial charge is 0.493 e. The van der Waals surface area contributed by atoms with Gasteiger partial charge in [0.15, 0.2) is 0 Å². The average Bonchev–Trinajstić information content (AvgIpc) is 3.42. The van der Waals surface area contributed by atoms with E-state index in [0.717, 1.165) is 61.0 Å². The van der Waals surface area contributed by atoms with Crippen LogP contribution in [0.25, 0.3) is 16.9 Å². The summed E-state index contributed by atoms with van der Waals surface area (Å²) in [5.74, 6) is 0. The SMILES string of the molecule is CCCCCCCCCCCCCCCCCCCCc1ccc(C2=C(CCCCCC)C(CCCC)=C(c3ccc(CC)cc3)[N+]2=[N-])cc1. The van der Waals surface area contributed by atoms with Crippen LogP contribution in [0.15, 0.2) is 59.7 Å². The predicted octanol–water partition coefficient (Wildman–Crippen LogP) is 16.2. The number of nitrogens with zero attached hydrogens (tertiary/aromatic N) is 2. The summed E-state index contributed by atoms with van der Waals surface area (Å²) >= 11 is 0. The van der Waals surface area contributed by atoms with Crippen molar-refractivity contribution in [2.24, 2.45) is 0 Å². The molecule has 1 aliphatic heterocycles. The molecule has 0 spiro atoms. The second-order valence-electron chi connectivity index (χ2n) is 15.4. The first-order chi connectivity index (χ1) is 24.6. The van der Waals surface area contributed by atoms with Gasteiger partial charge in [0, 0.05) is 22.3 Å². The Hall–Kier alpha value is -2.48. The topological polar surface area (TPSA) is 25.3 Å². The molecule has 0 N–H and O–H groups in total. The number of aryl methyl sites for hydroxylation is 2. The van der Waals surface area contributed by atoms with Crippen molar-refractivity contribution in [1.82, 2.24) is 0 Å². The Balaban J connectivity index is 1.44. The lowest BCUT2D eigenvalue weighted by molar-refractivity contribution is -0.345. The van der Waals surface area contributed by atoms with Gasteiger partial charge in [-0.1, -0.05) is 187 Å². The Kier molecular flexibility index (Phi) is 22.1. The zero-order valence-corrected chi connectivity index (χ0v) is 33.3. The molecule has 0 unspecified atom stereocenters. The van der Waals surface area contributed by atoms with E-state index in [1.165, 1.54) is 164 Å². The van der Waals surface area contributed by atoms with Gasteiger partial charge in [0.05, 0.1) is 0 Å². The Labute approximate surface area is 310 Å². The summed E-state index contributed by atoms with van der Waals surface area (Å²) in [6.45, 7) is 9.06. The van der Waals surface area contributed by atoms with Crippen molar-refractivity contribution >= 4 is 11.4 Å². The van der Waals surface area contributed by atoms with Crippen LogP contribution < -0.4 is 0 Å². The fraction of sp³-hybridized carbons (Fsp3) is 0.667. The van der Waals surface area contributed by atoms with Crippen LogP contribution in [0.2, 0.25) is 0 Å². The zero-order chi connectivity index (χ0) is 35.7. The minimum Gasteiger partial charge on any atom is -0.493 e. The number of rotatable bonds is 30. The second-order valence-corrected chi connectivity index (χ2v) is 15.4. The van der Waals surface area contributed by atoms with Gasteiger partial charge < -0.3 is 5.53 Å². The van der Waals surface area contributed by atoms with Crippen LogP contribution in [0.4, 0.5) is 0 Å². The van der Waals surface area contributed by atoms with Gasteiger partial charge in [0.1, 0.15) is 0 Å². The number of hydrogen-bond donors (Lipinski definition) is 0. The van der Waals surface area contributed by atoms with E-state index in [9.17, 15) is 5.53 Å². The lowest BCUT2D eigenvalue weighted by Gasteiger charge is -2.11. The summed E-state index contributed by atoms with van der Waals surface area (Å²) in [7, 11) is 0. The van der Waals surface area contributed by atoms with Crippen molar-refractivity contribution in [3.8, 4) is 0 Å². The Morgan fingerprint density at radius 2 is 0.680 bits per heavy atom. The molecular weight excluding hydrogens is 605 g/mol. The summed E-state index contributed by atoms with van der Waals surface area (Å²) < 4.78 is 1.55. The maximum atomic E-state index is 11.9. The summed E-state index contributed by atoms with van der Waals surface area (Å²) in [4.78, 5) is 0. The quantitative estimate of drug-likeness (QED) is 0.0580. The van der Waals surface area contributed by atoms with E-state index < -0.39 is 0 Å². The molecule has 0 radical (unpaired) electrons. The number of unbranched alkanes of at least 4 members (excludes halogenated alkanes) is 21. The number of benzene rings is 2. The summed E-state index contributed by atoms with van der Waals surface area (Å²) in [6, 6.07) is 18.1. The molecule has 2 aromatic rings. The molecule has 0 amide bonds. The molecule has 3 rings (SSSR count). The highest BCUT2D eigenvalue weighted by Gasteiger charge is 2.35. The molecule has 0 fully saturated rings. The van der Waals surface area contributed by atoms with Crippen molar-refractivity contribution in [2.45, 2.75) is 207 Å². The molecule has 0 saturated carbocycles. The van der Waals surface area contributed by atoms with Gasteiger partial charge in [-0.15, -0.1) is 0 Å². The molecule has 278 valence electrons. The second kappa shape index (κ2) is 26.3. The predicted molar refractivity (Wildman–Crippen MR) is 220 cm³/mol. The lowest BCUT2D eigenvalue weighted by Crippen LogP contribution is -2.03. The molecule has 0 bridgehead atoms. The van der Waals surface area contributed by atoms with Crippen molar-refractivity contribution in [3.05, 3.63) is 87.5 Å². The fourth-order valence-electron chi connectivity index (χ4n) is 7.83. The third-order valence-corrected chi connectivity index (χ3v) is 11.1. The zero-order valence-electron chi connectivity index (χ0n) is 33.3. The lowest BCUT2D eigenvalue weighted by atomic mass is 9.91. The van der Waals surface area contributed by atoms with Crippen molar-refractivity contribution < 1.29 is 4.70 Å². The molecule has 2 aromatic carbocycles. The van der Waals surface area contributed by atoms with E-state index in [4.69, 9.17) is 0 Å². The standard InChI is InChI=1S/C48H76N2/c1-5-9-12-14-15-16-17-18-19-20-21-22-23-24-25-26-27-28-30-42-35-39-44(40-36-42)48-46(32-29-13-10-6-2)45(31-11-7-3)47(50(48)49)43-37-33-41(8-4)34-38-43/h33-40H,5-32H2,1-4H3. The van der Waals surface area contributed by atoms with Crippen LogP contribution in [0.5, 0.6) is 0 Å². The average molecular weight is 681 g/mol. The summed E-state index contributed by atoms with van der Waals surface area (Å²) in [5.41, 5.74) is 21.7. The molecule has 0 atom stereocenters. The van der Waals surface area contributed by atoms with Gasteiger partial charge in [-0.3, -0.25) is 0 Å². The van der Waals surface area contributed by atoms with E-state index in [1.54, 1.807) is 4.70 Å². The van der Waals surface area contributed by atoms with Crippen LogP contribution >= 0.6 is 0 Å². The van der Waals surface area contributed by atoms with Gasteiger partial charge in [-0.25, -0.2) is 4.70 Å². The van der Waals surface area contributed by atoms with Gasteiger partial charge in [-0.2, -0.15) is 0 Å². The van der Waals surface area contributed by atoms with Gasteiger partial charge in [0.2, 0.25) is 11.4 Å². The first kappa shape index (κ1) is 41.9. The van der Waals surface area contributed by atoms with Crippen molar-refractivity contribution in [3.63, 3.8) is 0 Å². The Morgan fingerprint density at radius 3 is 1.08 bits per heavy atom. The van der Waals surface area contributed by atoms with Crippen LogP contribution in [0, 0.1) is 0 Å². The van der Waals surface area contributed by atoms with Crippen LogP contribution in [0.1, 0.15) is 217 Å². The van der Waals surface area contributed by atoms with E-state index in [1.807, 2.05) is 0 Å². The minimum absolute atomic E-state index is 1.00. The van der Waals surface area contributed by atoms with Gasteiger partial charge in [-0.05, 0) is 80.3 Å². The smallest absolute Gasteiger partial charge is 0.211 e. The van der Waals surface area contributed by atoms with Crippen molar-refractivity contribution in [2.75, 3.05) is 0 Å². The first-order valence-electron chi connectivity index (χ1n) is 21.8. The maximum Gasteiger partial charge on any atom is 0.211 e. The molecule has 2 nitrogen and oxygen atoms in total. The highest BCUT2D eigenvalue weighted by atomic mass is 15.2. The molecule has 2 heteroatoms. The molecule has 0 saturated heterocycles. The van der Waals surface area contributed by atoms with Crippen LogP contribution in [0.3, 0.4) is 0 Å². The monoisotopic (exact) mass is 681 g/mol. The van der Waals surface area contributed by atoms with Crippen molar-refractivity contribution in [1.29, 1.82) is 0 Å². The van der Waals surface area contributed by atoms with Crippen LogP contribution in [-0.4, -0.2) is 4.70 Å². The van der Waals surface area contributed by atoms with Gasteiger partial charge in [0.25, 0.3) is 0 Å². The summed E-state index contributed by atoms with van der Waals surface area (Å²) in [5, 5.41) is 0. The van der Waals surface area contributed by atoms with Crippen LogP contribution in [-0.2, 0) is 12.8 Å². The van der Waals surface area contributed by atoms with E-state index in [2.05, 4.69) is 76.2 Å². The van der Waals surface area contributed by atoms with E-state index >= 15 is 0 Å². The minimum atomic E-state index is 1.00. The third-order valence-electron chi connectivity index (χ3n) is 11.1. The third kappa shape index (κ3) is 15.0. The number of hydrogen-bond acceptors (Lipinski definition) is 0. The van der Waals surface area contributed by atoms with Gasteiger partial charge >= 0.3 is 0 Å². The molecular formula is C48H76N2. The van der Waals surface area contributed by atoms with E-state index in [0.29, 0.717) is 0 Å². The molecule has 0 aromatic heterocycles. The maximum absolute atomic E-state index is 11.9. The molecule has 50 heavy (non-hydrogen) atoms. The fourth-order valence-corrected chi connectivity index (χ4v) is 7.83. The number of allylic oxidation sites excluding steroid dienone is 2. The Bertz CT molecular complexity index is 1250. The Morgan fingerprint density at radius 1 is 0.360 bits per heavy atom. The molecule has 1 heterocycles. The summed E-state index contributed by atoms with van der Waals surface area (Å²) in [6.07, 6.45) is 37.0. The normalized spacial score (nSPS) is 13.3. The molecule has 1 aliphatic rings. The molecule has 0 aliphatic carbocycles. The highest BCUT2D eigenvalue weighted by molar-refractivity contribution is 5.82.